The normalized spacial score (nSPS) is 11.4. The van der Waals surface area contributed by atoms with E-state index in [2.05, 4.69) is 10.3 Å². The van der Waals surface area contributed by atoms with E-state index in [9.17, 15) is 9.59 Å². The Kier molecular flexibility index (Phi) is 8.73. The van der Waals surface area contributed by atoms with E-state index in [0.717, 1.165) is 5.39 Å². The minimum Gasteiger partial charge on any atom is -0.493 e. The van der Waals surface area contributed by atoms with Gasteiger partial charge in [0, 0.05) is 35.3 Å². The third kappa shape index (κ3) is 6.57. The van der Waals surface area contributed by atoms with Gasteiger partial charge in [-0.1, -0.05) is 18.2 Å². The van der Waals surface area contributed by atoms with Crippen LogP contribution in [0.5, 0.6) is 23.0 Å². The lowest BCUT2D eigenvalue weighted by atomic mass is 10.1. The first kappa shape index (κ1) is 26.4. The Morgan fingerprint density at radius 3 is 2.45 bits per heavy atom. The summed E-state index contributed by atoms with van der Waals surface area (Å²) in [6.45, 7) is 2.20. The quantitative estimate of drug-likeness (QED) is 0.269. The van der Waals surface area contributed by atoms with E-state index in [1.807, 2.05) is 18.2 Å². The van der Waals surface area contributed by atoms with Gasteiger partial charge in [-0.25, -0.2) is 0 Å². The van der Waals surface area contributed by atoms with Gasteiger partial charge in [0.25, 0.3) is 5.91 Å². The molecule has 0 saturated heterocycles. The second-order valence-electron chi connectivity index (χ2n) is 8.27. The Hall–Kier alpha value is -4.63. The molecule has 0 aliphatic heterocycles. The molecule has 4 aromatic rings. The third-order valence-electron chi connectivity index (χ3n) is 5.64. The molecule has 1 amide bonds. The number of amides is 1. The first-order valence-electron chi connectivity index (χ1n) is 12.1. The third-order valence-corrected chi connectivity index (χ3v) is 5.64. The number of benzene rings is 3. The van der Waals surface area contributed by atoms with Crippen molar-refractivity contribution in [2.45, 2.75) is 19.4 Å². The highest BCUT2D eigenvalue weighted by atomic mass is 16.5. The predicted molar refractivity (Wildman–Crippen MR) is 144 cm³/mol. The van der Waals surface area contributed by atoms with Gasteiger partial charge in [-0.3, -0.25) is 14.6 Å². The minimum absolute atomic E-state index is 0.188. The highest BCUT2D eigenvalue weighted by Crippen LogP contribution is 2.37. The maximum absolute atomic E-state index is 12.4. The van der Waals surface area contributed by atoms with E-state index in [4.69, 9.17) is 24.7 Å². The zero-order chi connectivity index (χ0) is 26.9. The molecule has 0 aliphatic carbocycles. The molecule has 0 unspecified atom stereocenters. The molecule has 0 saturated carbocycles. The number of carbonyl (C=O) groups excluding carboxylic acids is 2. The fraction of sp³-hybridized carbons (Fsp3) is 0.207. The van der Waals surface area contributed by atoms with Crippen LogP contribution in [0, 0.1) is 0 Å². The molecule has 9 heteroatoms. The van der Waals surface area contributed by atoms with Gasteiger partial charge in [-0.15, -0.1) is 0 Å². The number of carbonyl (C=O) groups is 2. The SMILES string of the molecule is CCOC(=O)[C@@H](N)CCOc1cc2nccc(Oc3ccc(NC(=O)c4ccccc4)cc3)c2cc1OC. The summed E-state index contributed by atoms with van der Waals surface area (Å²) in [5.74, 6) is 1.47. The molecule has 1 heterocycles. The molecule has 0 fully saturated rings. The second kappa shape index (κ2) is 12.6. The highest BCUT2D eigenvalue weighted by molar-refractivity contribution is 6.04. The van der Waals surface area contributed by atoms with Crippen molar-refractivity contribution in [2.75, 3.05) is 25.6 Å². The van der Waals surface area contributed by atoms with Gasteiger partial charge < -0.3 is 30.0 Å². The van der Waals surface area contributed by atoms with Crippen LogP contribution in [0.2, 0.25) is 0 Å². The molecule has 0 spiro atoms. The fourth-order valence-corrected chi connectivity index (χ4v) is 3.68. The van der Waals surface area contributed by atoms with Gasteiger partial charge in [0.15, 0.2) is 11.5 Å². The van der Waals surface area contributed by atoms with Crippen LogP contribution < -0.4 is 25.3 Å². The molecule has 9 nitrogen and oxygen atoms in total. The molecule has 0 radical (unpaired) electrons. The Morgan fingerprint density at radius 2 is 1.74 bits per heavy atom. The molecular weight excluding hydrogens is 486 g/mol. The van der Waals surface area contributed by atoms with Crippen molar-refractivity contribution in [2.24, 2.45) is 5.73 Å². The molecule has 196 valence electrons. The van der Waals surface area contributed by atoms with Crippen molar-refractivity contribution < 1.29 is 28.5 Å². The number of nitrogens with zero attached hydrogens (tertiary/aromatic N) is 1. The molecule has 3 N–H and O–H groups in total. The summed E-state index contributed by atoms with van der Waals surface area (Å²) in [5.41, 5.74) is 7.71. The van der Waals surface area contributed by atoms with Gasteiger partial charge in [0.1, 0.15) is 17.5 Å². The summed E-state index contributed by atoms with van der Waals surface area (Å²) in [7, 11) is 1.54. The topological polar surface area (TPSA) is 122 Å². The predicted octanol–water partition coefficient (Wildman–Crippen LogP) is 4.95. The first-order valence-corrected chi connectivity index (χ1v) is 12.1. The lowest BCUT2D eigenvalue weighted by Crippen LogP contribution is -2.33. The van der Waals surface area contributed by atoms with E-state index in [1.165, 1.54) is 7.11 Å². The number of anilines is 1. The van der Waals surface area contributed by atoms with Crippen LogP contribution in [0.4, 0.5) is 5.69 Å². The Balaban J connectivity index is 1.45. The van der Waals surface area contributed by atoms with Crippen molar-refractivity contribution in [3.05, 3.63) is 84.6 Å². The maximum atomic E-state index is 12.4. The number of hydrogen-bond donors (Lipinski definition) is 2. The first-order chi connectivity index (χ1) is 18.5. The highest BCUT2D eigenvalue weighted by Gasteiger charge is 2.16. The van der Waals surface area contributed by atoms with Crippen LogP contribution in [0.25, 0.3) is 10.9 Å². The minimum atomic E-state index is -0.766. The largest absolute Gasteiger partial charge is 0.493 e. The van der Waals surface area contributed by atoms with E-state index in [-0.39, 0.29) is 19.1 Å². The number of pyridine rings is 1. The summed E-state index contributed by atoms with van der Waals surface area (Å²) in [5, 5.41) is 3.59. The number of fused-ring (bicyclic) bond motifs is 1. The maximum Gasteiger partial charge on any atom is 0.323 e. The van der Waals surface area contributed by atoms with Crippen molar-refractivity contribution >= 4 is 28.5 Å². The molecule has 0 aliphatic rings. The molecule has 1 atom stereocenters. The number of aromatic nitrogens is 1. The van der Waals surface area contributed by atoms with Gasteiger partial charge in [-0.05, 0) is 55.5 Å². The standard InChI is InChI=1S/C29H29N3O6/c1-3-36-29(34)23(30)14-16-37-27-18-24-22(17-26(27)35-2)25(13-15-31-24)38-21-11-9-20(10-12-21)32-28(33)19-7-5-4-6-8-19/h4-13,15,17-18,23H,3,14,16,30H2,1-2H3,(H,32,33)/t23-/m0/s1. The molecule has 4 rings (SSSR count). The Bertz CT molecular complexity index is 1390. The summed E-state index contributed by atoms with van der Waals surface area (Å²) < 4.78 is 22.4. The molecular formula is C29H29N3O6. The second-order valence-corrected chi connectivity index (χ2v) is 8.27. The monoisotopic (exact) mass is 515 g/mol. The Morgan fingerprint density at radius 1 is 0.974 bits per heavy atom. The number of rotatable bonds is 11. The van der Waals surface area contributed by atoms with Crippen LogP contribution in [0.15, 0.2) is 79.0 Å². The van der Waals surface area contributed by atoms with Gasteiger partial charge >= 0.3 is 5.97 Å². The number of nitrogens with two attached hydrogens (primary N) is 1. The van der Waals surface area contributed by atoms with Crippen molar-refractivity contribution in [1.82, 2.24) is 4.98 Å². The summed E-state index contributed by atoms with van der Waals surface area (Å²) in [6, 6.07) is 20.6. The van der Waals surface area contributed by atoms with Crippen LogP contribution >= 0.6 is 0 Å². The Labute approximate surface area is 220 Å². The van der Waals surface area contributed by atoms with Crippen molar-refractivity contribution in [1.29, 1.82) is 0 Å². The van der Waals surface area contributed by atoms with E-state index in [1.54, 1.807) is 67.7 Å². The summed E-state index contributed by atoms with van der Waals surface area (Å²) in [6.07, 6.45) is 1.93. The number of esters is 1. The van der Waals surface area contributed by atoms with Crippen LogP contribution in [-0.2, 0) is 9.53 Å². The summed E-state index contributed by atoms with van der Waals surface area (Å²) >= 11 is 0. The summed E-state index contributed by atoms with van der Waals surface area (Å²) in [4.78, 5) is 28.5. The smallest absolute Gasteiger partial charge is 0.323 e. The van der Waals surface area contributed by atoms with Gasteiger partial charge in [0.2, 0.25) is 0 Å². The van der Waals surface area contributed by atoms with Gasteiger partial charge in [-0.2, -0.15) is 0 Å². The molecule has 1 aromatic heterocycles. The number of methoxy groups -OCH3 is 1. The van der Waals surface area contributed by atoms with Crippen LogP contribution in [-0.4, -0.2) is 43.2 Å². The van der Waals surface area contributed by atoms with Crippen LogP contribution in [0.3, 0.4) is 0 Å². The average Bonchev–Trinajstić information content (AvgIpc) is 2.94. The van der Waals surface area contributed by atoms with Crippen molar-refractivity contribution in [3.63, 3.8) is 0 Å². The van der Waals surface area contributed by atoms with E-state index >= 15 is 0 Å². The van der Waals surface area contributed by atoms with Gasteiger partial charge in [0.05, 0.1) is 25.8 Å². The van der Waals surface area contributed by atoms with E-state index < -0.39 is 12.0 Å². The molecule has 3 aromatic carbocycles. The number of ether oxygens (including phenoxy) is 4. The zero-order valence-corrected chi connectivity index (χ0v) is 21.2. The number of nitrogens with one attached hydrogen (secondary N) is 1. The fourth-order valence-electron chi connectivity index (χ4n) is 3.68. The average molecular weight is 516 g/mol. The zero-order valence-electron chi connectivity index (χ0n) is 21.2. The number of hydrogen-bond acceptors (Lipinski definition) is 8. The molecule has 0 bridgehead atoms. The molecule has 38 heavy (non-hydrogen) atoms. The van der Waals surface area contributed by atoms with Crippen LogP contribution in [0.1, 0.15) is 23.7 Å². The lowest BCUT2D eigenvalue weighted by Gasteiger charge is -2.15. The van der Waals surface area contributed by atoms with E-state index in [0.29, 0.717) is 46.2 Å². The lowest BCUT2D eigenvalue weighted by molar-refractivity contribution is -0.145. The van der Waals surface area contributed by atoms with Crippen molar-refractivity contribution in [3.8, 4) is 23.0 Å².